The molecule has 0 aromatic heterocycles. The molecule has 23 heavy (non-hydrogen) atoms. The summed E-state index contributed by atoms with van der Waals surface area (Å²) in [7, 11) is 1.54. The third-order valence-corrected chi connectivity index (χ3v) is 3.15. The SMILES string of the molecule is COc1cccc(C(O)CNC(=O)COc2ccc(F)cc2)c1. The summed E-state index contributed by atoms with van der Waals surface area (Å²) in [5.41, 5.74) is 0.643. The molecule has 1 unspecified atom stereocenters. The predicted octanol–water partition coefficient (Wildman–Crippen LogP) is 2.06. The first-order chi connectivity index (χ1) is 11.1. The van der Waals surface area contributed by atoms with Gasteiger partial charge in [0.1, 0.15) is 17.3 Å². The van der Waals surface area contributed by atoms with Crippen molar-refractivity contribution < 1.29 is 23.8 Å². The molecule has 1 atom stereocenters. The van der Waals surface area contributed by atoms with Gasteiger partial charge in [-0.1, -0.05) is 12.1 Å². The van der Waals surface area contributed by atoms with E-state index in [1.165, 1.54) is 24.3 Å². The normalized spacial score (nSPS) is 11.6. The quantitative estimate of drug-likeness (QED) is 0.820. The monoisotopic (exact) mass is 319 g/mol. The number of halogens is 1. The second-order valence-corrected chi connectivity index (χ2v) is 4.84. The molecule has 122 valence electrons. The Labute approximate surface area is 133 Å². The van der Waals surface area contributed by atoms with Crippen LogP contribution in [0.2, 0.25) is 0 Å². The minimum absolute atomic E-state index is 0.0543. The van der Waals surface area contributed by atoms with Crippen LogP contribution in [-0.2, 0) is 4.79 Å². The van der Waals surface area contributed by atoms with Gasteiger partial charge >= 0.3 is 0 Å². The van der Waals surface area contributed by atoms with E-state index in [1.54, 1.807) is 31.4 Å². The van der Waals surface area contributed by atoms with Crippen LogP contribution in [0.25, 0.3) is 0 Å². The van der Waals surface area contributed by atoms with Gasteiger partial charge < -0.3 is 19.9 Å². The molecule has 0 aliphatic heterocycles. The largest absolute Gasteiger partial charge is 0.497 e. The number of benzene rings is 2. The fourth-order valence-electron chi connectivity index (χ4n) is 1.91. The van der Waals surface area contributed by atoms with Gasteiger partial charge in [0.15, 0.2) is 6.61 Å². The zero-order valence-electron chi connectivity index (χ0n) is 12.7. The van der Waals surface area contributed by atoms with Crippen molar-refractivity contribution in [3.8, 4) is 11.5 Å². The summed E-state index contributed by atoms with van der Waals surface area (Å²) in [6.07, 6.45) is -0.847. The molecule has 0 spiro atoms. The van der Waals surface area contributed by atoms with Crippen molar-refractivity contribution in [3.63, 3.8) is 0 Å². The Kier molecular flexibility index (Phi) is 5.94. The molecule has 6 heteroatoms. The van der Waals surface area contributed by atoms with Gasteiger partial charge in [0, 0.05) is 6.54 Å². The molecule has 5 nitrogen and oxygen atoms in total. The van der Waals surface area contributed by atoms with Crippen LogP contribution < -0.4 is 14.8 Å². The molecule has 0 aliphatic rings. The standard InChI is InChI=1S/C17H18FNO4/c1-22-15-4-2-3-12(9-15)16(20)10-19-17(21)11-23-14-7-5-13(18)6-8-14/h2-9,16,20H,10-11H2,1H3,(H,19,21). The molecule has 0 heterocycles. The van der Waals surface area contributed by atoms with Gasteiger partial charge in [-0.2, -0.15) is 0 Å². The first-order valence-corrected chi connectivity index (χ1v) is 7.05. The molecule has 0 bridgehead atoms. The van der Waals surface area contributed by atoms with E-state index >= 15 is 0 Å². The van der Waals surface area contributed by atoms with E-state index in [-0.39, 0.29) is 24.9 Å². The maximum atomic E-state index is 12.7. The van der Waals surface area contributed by atoms with Crippen molar-refractivity contribution in [2.45, 2.75) is 6.10 Å². The highest BCUT2D eigenvalue weighted by molar-refractivity contribution is 5.77. The van der Waals surface area contributed by atoms with Gasteiger partial charge in [-0.3, -0.25) is 4.79 Å². The van der Waals surface area contributed by atoms with Crippen LogP contribution in [-0.4, -0.2) is 31.3 Å². The minimum Gasteiger partial charge on any atom is -0.497 e. The molecular weight excluding hydrogens is 301 g/mol. The molecule has 0 radical (unpaired) electrons. The van der Waals surface area contributed by atoms with Crippen LogP contribution in [0.1, 0.15) is 11.7 Å². The van der Waals surface area contributed by atoms with Crippen molar-refractivity contribution >= 4 is 5.91 Å². The summed E-state index contributed by atoms with van der Waals surface area (Å²) < 4.78 is 23.0. The van der Waals surface area contributed by atoms with E-state index in [2.05, 4.69) is 5.32 Å². The van der Waals surface area contributed by atoms with Gasteiger partial charge in [0.05, 0.1) is 13.2 Å². The van der Waals surface area contributed by atoms with E-state index in [4.69, 9.17) is 9.47 Å². The number of nitrogens with one attached hydrogen (secondary N) is 1. The molecule has 2 rings (SSSR count). The molecule has 0 saturated heterocycles. The Bertz CT molecular complexity index is 645. The van der Waals surface area contributed by atoms with Crippen LogP contribution in [0.15, 0.2) is 48.5 Å². The number of amides is 1. The third kappa shape index (κ3) is 5.27. The zero-order valence-corrected chi connectivity index (χ0v) is 12.7. The van der Waals surface area contributed by atoms with Crippen molar-refractivity contribution in [2.75, 3.05) is 20.3 Å². The number of hydrogen-bond donors (Lipinski definition) is 2. The Balaban J connectivity index is 1.78. The Morgan fingerprint density at radius 1 is 1.22 bits per heavy atom. The van der Waals surface area contributed by atoms with Crippen molar-refractivity contribution in [1.82, 2.24) is 5.32 Å². The van der Waals surface area contributed by atoms with Gasteiger partial charge in [0.25, 0.3) is 5.91 Å². The summed E-state index contributed by atoms with van der Waals surface area (Å²) in [6, 6.07) is 12.4. The molecule has 0 aliphatic carbocycles. The maximum Gasteiger partial charge on any atom is 0.258 e. The molecule has 2 aromatic rings. The van der Waals surface area contributed by atoms with Crippen molar-refractivity contribution in [1.29, 1.82) is 0 Å². The van der Waals surface area contributed by atoms with Crippen molar-refractivity contribution in [2.24, 2.45) is 0 Å². The van der Waals surface area contributed by atoms with E-state index in [0.717, 1.165) is 0 Å². The number of ether oxygens (including phenoxy) is 2. The Morgan fingerprint density at radius 2 is 1.96 bits per heavy atom. The maximum absolute atomic E-state index is 12.7. The summed E-state index contributed by atoms with van der Waals surface area (Å²) in [5, 5.41) is 12.6. The topological polar surface area (TPSA) is 67.8 Å². The van der Waals surface area contributed by atoms with Crippen LogP contribution in [0.3, 0.4) is 0 Å². The number of methoxy groups -OCH3 is 1. The van der Waals surface area contributed by atoms with Crippen LogP contribution in [0, 0.1) is 5.82 Å². The lowest BCUT2D eigenvalue weighted by atomic mass is 10.1. The zero-order chi connectivity index (χ0) is 16.7. The third-order valence-electron chi connectivity index (χ3n) is 3.15. The average molecular weight is 319 g/mol. The summed E-state index contributed by atoms with van der Waals surface area (Å²) in [5.74, 6) is 0.280. The van der Waals surface area contributed by atoms with Crippen molar-refractivity contribution in [3.05, 3.63) is 59.9 Å². The number of carbonyl (C=O) groups is 1. The lowest BCUT2D eigenvalue weighted by Gasteiger charge is -2.13. The van der Waals surface area contributed by atoms with E-state index in [9.17, 15) is 14.3 Å². The molecule has 0 saturated carbocycles. The lowest BCUT2D eigenvalue weighted by molar-refractivity contribution is -0.123. The Morgan fingerprint density at radius 3 is 2.65 bits per heavy atom. The van der Waals surface area contributed by atoms with Crippen LogP contribution in [0.5, 0.6) is 11.5 Å². The highest BCUT2D eigenvalue weighted by atomic mass is 19.1. The van der Waals surface area contributed by atoms with E-state index < -0.39 is 6.10 Å². The van der Waals surface area contributed by atoms with E-state index in [0.29, 0.717) is 17.1 Å². The Hall–Kier alpha value is -2.60. The van der Waals surface area contributed by atoms with Crippen LogP contribution >= 0.6 is 0 Å². The number of aliphatic hydroxyl groups excluding tert-OH is 1. The summed E-state index contributed by atoms with van der Waals surface area (Å²) in [4.78, 5) is 11.7. The van der Waals surface area contributed by atoms with Gasteiger partial charge in [-0.15, -0.1) is 0 Å². The summed E-state index contributed by atoms with van der Waals surface area (Å²) >= 11 is 0. The number of rotatable bonds is 7. The highest BCUT2D eigenvalue weighted by Crippen LogP contribution is 2.18. The van der Waals surface area contributed by atoms with Crippen LogP contribution in [0.4, 0.5) is 4.39 Å². The number of carbonyl (C=O) groups excluding carboxylic acids is 1. The lowest BCUT2D eigenvalue weighted by Crippen LogP contribution is -2.32. The fraction of sp³-hybridized carbons (Fsp3) is 0.235. The first-order valence-electron chi connectivity index (χ1n) is 7.05. The number of aliphatic hydroxyl groups is 1. The second-order valence-electron chi connectivity index (χ2n) is 4.84. The van der Waals surface area contributed by atoms with Gasteiger partial charge in [-0.25, -0.2) is 4.39 Å². The van der Waals surface area contributed by atoms with Gasteiger partial charge in [-0.05, 0) is 42.0 Å². The first kappa shape index (κ1) is 16.8. The molecule has 2 N–H and O–H groups in total. The highest BCUT2D eigenvalue weighted by Gasteiger charge is 2.10. The summed E-state index contributed by atoms with van der Waals surface area (Å²) in [6.45, 7) is -0.157. The minimum atomic E-state index is -0.847. The molecule has 0 fully saturated rings. The van der Waals surface area contributed by atoms with E-state index in [1.807, 2.05) is 0 Å². The molecule has 1 amide bonds. The predicted molar refractivity (Wildman–Crippen MR) is 82.9 cm³/mol. The van der Waals surface area contributed by atoms with Gasteiger partial charge in [0.2, 0.25) is 0 Å². The molecule has 2 aromatic carbocycles. The smallest absolute Gasteiger partial charge is 0.258 e. The second kappa shape index (κ2) is 8.14. The number of hydrogen-bond acceptors (Lipinski definition) is 4. The molecular formula is C17H18FNO4. The fourth-order valence-corrected chi connectivity index (χ4v) is 1.91. The average Bonchev–Trinajstić information content (AvgIpc) is 2.59.